The second-order valence-corrected chi connectivity index (χ2v) is 13.4. The minimum atomic E-state index is -1.40. The maximum absolute atomic E-state index is 13.7. The van der Waals surface area contributed by atoms with Gasteiger partial charge in [-0.3, -0.25) is 0 Å². The third-order valence-corrected chi connectivity index (χ3v) is 10.1. The second-order valence-electron chi connectivity index (χ2n) is 13.4. The molecule has 0 radical (unpaired) electrons. The quantitative estimate of drug-likeness (QED) is 0.0580. The van der Waals surface area contributed by atoms with Crippen LogP contribution in [0.5, 0.6) is 0 Å². The first kappa shape index (κ1) is 40.0. The number of hydrogen-bond acceptors (Lipinski definition) is 12. The summed E-state index contributed by atoms with van der Waals surface area (Å²) in [6.07, 6.45) is -4.14. The van der Waals surface area contributed by atoms with E-state index < -0.39 is 36.7 Å². The first-order valence-electron chi connectivity index (χ1n) is 19.0. The van der Waals surface area contributed by atoms with E-state index in [0.29, 0.717) is 24.4 Å². The van der Waals surface area contributed by atoms with E-state index in [1.807, 2.05) is 18.2 Å². The number of rotatable bonds is 16. The van der Waals surface area contributed by atoms with Crippen molar-refractivity contribution in [3.8, 4) is 22.5 Å². The molecule has 1 aliphatic carbocycles. The number of carbonyl (C=O) groups is 1. The molecule has 5 atom stereocenters. The Balaban J connectivity index is 1.12. The number of esters is 1. The van der Waals surface area contributed by atoms with Crippen molar-refractivity contribution >= 4 is 22.6 Å². The van der Waals surface area contributed by atoms with Crippen LogP contribution < -0.4 is 14.8 Å². The molecule has 6 rings (SSSR count). The van der Waals surface area contributed by atoms with Crippen molar-refractivity contribution in [1.29, 1.82) is 0 Å². The summed E-state index contributed by atoms with van der Waals surface area (Å²) >= 11 is 0. The lowest BCUT2D eigenvalue weighted by atomic mass is 9.90. The van der Waals surface area contributed by atoms with Gasteiger partial charge in [-0.2, -0.15) is 0 Å². The highest BCUT2D eigenvalue weighted by Crippen LogP contribution is 2.42. The van der Waals surface area contributed by atoms with Crippen LogP contribution in [0.1, 0.15) is 50.7 Å². The lowest BCUT2D eigenvalue weighted by Crippen LogP contribution is -2.57. The van der Waals surface area contributed by atoms with E-state index in [-0.39, 0.29) is 19.8 Å². The number of aliphatic hydroxyl groups is 3. The summed E-state index contributed by atoms with van der Waals surface area (Å²) in [7, 11) is 0. The molecule has 2 aromatic carbocycles. The molecule has 0 unspecified atom stereocenters. The Kier molecular flexibility index (Phi) is 13.3. The lowest BCUT2D eigenvalue weighted by Gasteiger charge is -2.38. The number of ether oxygens (including phenoxy) is 4. The fraction of sp³-hybridized carbons (Fsp3) is 0.463. The fourth-order valence-electron chi connectivity index (χ4n) is 6.97. The minimum absolute atomic E-state index is 0.0202. The molecule has 0 amide bonds. The number of carbonyl (C=O) groups excluding carboxylic acids is 1. The first-order chi connectivity index (χ1) is 26.7. The third kappa shape index (κ3) is 8.90. The lowest BCUT2D eigenvalue weighted by molar-refractivity contribution is -0.296. The fourth-order valence-corrected chi connectivity index (χ4v) is 6.97. The second kappa shape index (κ2) is 18.3. The van der Waals surface area contributed by atoms with Crippen LogP contribution in [0.25, 0.3) is 33.4 Å². The van der Waals surface area contributed by atoms with Crippen molar-refractivity contribution in [2.45, 2.75) is 78.5 Å². The van der Waals surface area contributed by atoms with E-state index in [0.717, 1.165) is 70.6 Å². The van der Waals surface area contributed by atoms with Crippen molar-refractivity contribution in [3.05, 3.63) is 83.5 Å². The summed E-state index contributed by atoms with van der Waals surface area (Å²) in [6.45, 7) is 14.5. The molecule has 3 N–H and O–H groups in total. The van der Waals surface area contributed by atoms with E-state index in [2.05, 4.69) is 83.9 Å². The SMILES string of the molecule is CCN(CC)c1ccc2c(-c3ccccc3C(=O)OCCOCCn3cc(CO[C@@H]4O[C@@H](C)[C@@H](O)[C@@H](O)[C@@H]4O)nn3)c3ccc(=[N+](CC)CC)cc-3oc2c1. The molecule has 14 nitrogen and oxygen atoms in total. The zero-order valence-corrected chi connectivity index (χ0v) is 32.1. The summed E-state index contributed by atoms with van der Waals surface area (Å²) in [4.78, 5) is 15.9. The number of nitrogens with zero attached hydrogens (tertiary/aromatic N) is 5. The van der Waals surface area contributed by atoms with Gasteiger partial charge in [-0.1, -0.05) is 23.4 Å². The van der Waals surface area contributed by atoms with Crippen LogP contribution in [0.4, 0.5) is 5.69 Å². The topological polar surface area (TPSA) is 165 Å². The number of aromatic nitrogens is 3. The standard InChI is InChI=1S/C41H52N5O9/c1-6-44(7-2)28-14-16-32-34(22-28)55-35-23-29(45(8-3)9-4)15-17-33(35)36(32)30-12-10-11-13-31(30)40(50)52-21-20-51-19-18-46-24-27(42-43-46)25-53-41-39(49)38(48)37(47)26(5)54-41/h10-17,22-24,26,37-39,41,47-49H,6-9,18-21,25H2,1-5H3/q+1/t26-,37+,38+,39-,41+/m0/s1. The highest BCUT2D eigenvalue weighted by atomic mass is 16.7. The number of benzene rings is 3. The predicted octanol–water partition coefficient (Wildman–Crippen LogP) is 3.67. The maximum atomic E-state index is 13.7. The molecule has 1 fully saturated rings. The van der Waals surface area contributed by atoms with Crippen LogP contribution in [0, 0.1) is 0 Å². The molecule has 0 saturated carbocycles. The van der Waals surface area contributed by atoms with E-state index in [4.69, 9.17) is 23.4 Å². The molecule has 0 spiro atoms. The Morgan fingerprint density at radius 2 is 1.69 bits per heavy atom. The number of anilines is 1. The van der Waals surface area contributed by atoms with Gasteiger partial charge in [0.15, 0.2) is 6.29 Å². The smallest absolute Gasteiger partial charge is 0.338 e. The number of fused-ring (bicyclic) bond motifs is 2. The summed E-state index contributed by atoms with van der Waals surface area (Å²) in [5, 5.41) is 40.1. The van der Waals surface area contributed by atoms with Crippen molar-refractivity contribution in [3.63, 3.8) is 0 Å². The molecule has 3 aliphatic rings. The van der Waals surface area contributed by atoms with Gasteiger partial charge in [0, 0.05) is 47.4 Å². The van der Waals surface area contributed by atoms with Crippen LogP contribution in [-0.4, -0.2) is 113 Å². The van der Waals surface area contributed by atoms with Gasteiger partial charge in [-0.25, -0.2) is 14.1 Å². The first-order valence-corrected chi connectivity index (χ1v) is 19.0. The van der Waals surface area contributed by atoms with Crippen LogP contribution >= 0.6 is 0 Å². The summed E-state index contributed by atoms with van der Waals surface area (Å²) in [6, 6.07) is 20.0. The zero-order chi connectivity index (χ0) is 39.1. The van der Waals surface area contributed by atoms with Gasteiger partial charge in [0.05, 0.1) is 50.3 Å². The van der Waals surface area contributed by atoms with Gasteiger partial charge < -0.3 is 43.6 Å². The number of aliphatic hydroxyl groups excluding tert-OH is 3. The van der Waals surface area contributed by atoms with Crippen molar-refractivity contribution < 1.29 is 43.5 Å². The Labute approximate surface area is 320 Å². The van der Waals surface area contributed by atoms with Gasteiger partial charge in [0.25, 0.3) is 0 Å². The summed E-state index contributed by atoms with van der Waals surface area (Å²) < 4.78 is 33.0. The van der Waals surface area contributed by atoms with Crippen LogP contribution in [-0.2, 0) is 32.1 Å². The molecule has 55 heavy (non-hydrogen) atoms. The molecule has 1 aromatic heterocycles. The largest absolute Gasteiger partial charge is 0.460 e. The summed E-state index contributed by atoms with van der Waals surface area (Å²) in [5.74, 6) is 0.282. The normalized spacial score (nSPS) is 19.9. The molecule has 14 heteroatoms. The maximum Gasteiger partial charge on any atom is 0.338 e. The van der Waals surface area contributed by atoms with Gasteiger partial charge in [-0.05, 0) is 64.4 Å². The highest BCUT2D eigenvalue weighted by Gasteiger charge is 2.42. The van der Waals surface area contributed by atoms with Gasteiger partial charge in [-0.15, -0.1) is 5.10 Å². The molecule has 0 bridgehead atoms. The average Bonchev–Trinajstić information content (AvgIpc) is 3.66. The average molecular weight is 759 g/mol. The molecular weight excluding hydrogens is 706 g/mol. The Hall–Kier alpha value is -4.70. The van der Waals surface area contributed by atoms with E-state index in [9.17, 15) is 20.1 Å². The molecular formula is C41H52N5O9+. The Morgan fingerprint density at radius 1 is 0.909 bits per heavy atom. The van der Waals surface area contributed by atoms with Crippen molar-refractivity contribution in [2.24, 2.45) is 0 Å². The van der Waals surface area contributed by atoms with Gasteiger partial charge >= 0.3 is 5.97 Å². The molecule has 1 saturated heterocycles. The minimum Gasteiger partial charge on any atom is -0.460 e. The van der Waals surface area contributed by atoms with E-state index >= 15 is 0 Å². The Bertz CT molecular complexity index is 2090. The van der Waals surface area contributed by atoms with Crippen LogP contribution in [0.15, 0.2) is 71.3 Å². The zero-order valence-electron chi connectivity index (χ0n) is 32.1. The van der Waals surface area contributed by atoms with Crippen LogP contribution in [0.2, 0.25) is 0 Å². The third-order valence-electron chi connectivity index (χ3n) is 10.1. The Morgan fingerprint density at radius 3 is 2.45 bits per heavy atom. The van der Waals surface area contributed by atoms with Gasteiger partial charge in [0.2, 0.25) is 5.36 Å². The predicted molar refractivity (Wildman–Crippen MR) is 206 cm³/mol. The molecule has 2 aliphatic heterocycles. The molecule has 3 aromatic rings. The van der Waals surface area contributed by atoms with E-state index in [1.165, 1.54) is 0 Å². The van der Waals surface area contributed by atoms with E-state index in [1.54, 1.807) is 23.9 Å². The highest BCUT2D eigenvalue weighted by molar-refractivity contribution is 6.08. The van der Waals surface area contributed by atoms with Crippen LogP contribution in [0.3, 0.4) is 0 Å². The molecule has 294 valence electrons. The van der Waals surface area contributed by atoms with Crippen molar-refractivity contribution in [1.82, 2.24) is 19.6 Å². The summed E-state index contributed by atoms with van der Waals surface area (Å²) in [5.41, 5.74) is 5.30. The number of hydrogen-bond donors (Lipinski definition) is 3. The molecule has 3 heterocycles. The van der Waals surface area contributed by atoms with Crippen molar-refractivity contribution in [2.75, 3.05) is 50.9 Å². The van der Waals surface area contributed by atoms with Gasteiger partial charge in [0.1, 0.15) is 55.0 Å². The monoisotopic (exact) mass is 758 g/mol.